The van der Waals surface area contributed by atoms with Gasteiger partial charge in [0, 0.05) is 18.1 Å². The monoisotopic (exact) mass is 585 g/mol. The van der Waals surface area contributed by atoms with Gasteiger partial charge in [-0.3, -0.25) is 0 Å². The van der Waals surface area contributed by atoms with E-state index >= 15 is 0 Å². The minimum absolute atomic E-state index is 0.00653. The quantitative estimate of drug-likeness (QED) is 0.335. The molecule has 1 aromatic heterocycles. The second-order valence-corrected chi connectivity index (χ2v) is 18.7. The van der Waals surface area contributed by atoms with Crippen LogP contribution >= 0.6 is 0 Å². The Bertz CT molecular complexity index is 1150. The highest BCUT2D eigenvalue weighted by Gasteiger charge is 2.47. The van der Waals surface area contributed by atoms with Crippen LogP contribution in [0.4, 0.5) is 0 Å². The number of aromatic nitrogens is 3. The molecule has 0 aliphatic heterocycles. The highest BCUT2D eigenvalue weighted by Crippen LogP contribution is 2.54. The van der Waals surface area contributed by atoms with Crippen LogP contribution in [0, 0.1) is 32.5 Å². The molecule has 0 saturated heterocycles. The molecule has 1 heterocycles. The van der Waals surface area contributed by atoms with Gasteiger partial charge >= 0.3 is 17.1 Å². The Morgan fingerprint density at radius 2 is 0.667 bits per heavy atom. The first-order valence-electron chi connectivity index (χ1n) is 17.1. The average molecular weight is 586 g/mol. The summed E-state index contributed by atoms with van der Waals surface area (Å²) in [5, 5.41) is 0. The van der Waals surface area contributed by atoms with Gasteiger partial charge in [0.15, 0.2) is 0 Å². The first kappa shape index (κ1) is 33.3. The van der Waals surface area contributed by atoms with Crippen LogP contribution in [-0.4, -0.2) is 13.7 Å². The normalized spacial score (nSPS) is 37.9. The molecule has 0 aromatic carbocycles. The lowest BCUT2D eigenvalue weighted by atomic mass is 9.61. The van der Waals surface area contributed by atoms with E-state index in [2.05, 4.69) is 83.1 Å². The molecule has 1 aromatic rings. The predicted octanol–water partition coefficient (Wildman–Crippen LogP) is 8.67. The highest BCUT2D eigenvalue weighted by atomic mass is 16.2. The molecule has 240 valence electrons. The molecule has 3 aliphatic carbocycles. The molecule has 6 unspecified atom stereocenters. The van der Waals surface area contributed by atoms with Crippen LogP contribution in [0.2, 0.25) is 0 Å². The molecule has 0 bridgehead atoms. The zero-order valence-corrected chi connectivity index (χ0v) is 29.3. The van der Waals surface area contributed by atoms with Crippen molar-refractivity contribution >= 4 is 0 Å². The van der Waals surface area contributed by atoms with E-state index in [1.807, 2.05) is 0 Å². The Morgan fingerprint density at radius 1 is 0.452 bits per heavy atom. The van der Waals surface area contributed by atoms with Crippen molar-refractivity contribution in [1.29, 1.82) is 0 Å². The average Bonchev–Trinajstić information content (AvgIpc) is 2.80. The molecule has 6 nitrogen and oxygen atoms in total. The van der Waals surface area contributed by atoms with Crippen molar-refractivity contribution in [2.75, 3.05) is 0 Å². The summed E-state index contributed by atoms with van der Waals surface area (Å²) >= 11 is 0. The molecule has 0 N–H and O–H groups in total. The standard InChI is InChI=1S/C36H63N3O3/c1-13-34(10)19-25(16-31(4,5)22-34)37-28(40)38(26-17-32(6,7)23-35(11,14-2)20-26)30(42)39(29(37)41)27-18-33(8,9)24-36(12,15-3)21-27/h25-27H,13-24H2,1-12H3. The lowest BCUT2D eigenvalue weighted by Crippen LogP contribution is -2.60. The van der Waals surface area contributed by atoms with Gasteiger partial charge in [-0.25, -0.2) is 28.1 Å². The molecule has 6 heteroatoms. The maximum Gasteiger partial charge on any atom is 0.336 e. The van der Waals surface area contributed by atoms with Crippen LogP contribution in [0.3, 0.4) is 0 Å². The fourth-order valence-corrected chi connectivity index (χ4v) is 10.6. The highest BCUT2D eigenvalue weighted by molar-refractivity contribution is 5.01. The smallest absolute Gasteiger partial charge is 0.247 e. The maximum absolute atomic E-state index is 14.7. The number of hydrogen-bond donors (Lipinski definition) is 0. The van der Waals surface area contributed by atoms with Gasteiger partial charge in [0.1, 0.15) is 0 Å². The summed E-state index contributed by atoms with van der Waals surface area (Å²) in [5.74, 6) is 0. The van der Waals surface area contributed by atoms with Gasteiger partial charge in [0.25, 0.3) is 0 Å². The van der Waals surface area contributed by atoms with Gasteiger partial charge in [-0.15, -0.1) is 0 Å². The van der Waals surface area contributed by atoms with E-state index in [4.69, 9.17) is 0 Å². The molecule has 0 spiro atoms. The molecule has 3 aliphatic rings. The van der Waals surface area contributed by atoms with Crippen molar-refractivity contribution < 1.29 is 0 Å². The summed E-state index contributed by atoms with van der Waals surface area (Å²) in [7, 11) is 0. The molecular weight excluding hydrogens is 522 g/mol. The molecule has 3 fully saturated rings. The van der Waals surface area contributed by atoms with E-state index in [0.29, 0.717) is 0 Å². The summed E-state index contributed by atoms with van der Waals surface area (Å²) in [4.78, 5) is 44.1. The SMILES string of the molecule is CCC1(C)CC(n2c(=O)n(C3CC(C)(C)CC(C)(CC)C3)c(=O)n(C3CC(C)(C)CC(C)(CC)C3)c2=O)CC(C)(C)C1. The Kier molecular flexibility index (Phi) is 8.56. The first-order valence-corrected chi connectivity index (χ1v) is 17.1. The number of nitrogens with zero attached hydrogens (tertiary/aromatic N) is 3. The minimum Gasteiger partial charge on any atom is -0.247 e. The third kappa shape index (κ3) is 6.43. The molecule has 4 rings (SSSR count). The van der Waals surface area contributed by atoms with Crippen molar-refractivity contribution in [1.82, 2.24) is 13.7 Å². The minimum atomic E-state index is -0.364. The van der Waals surface area contributed by atoms with Crippen LogP contribution in [0.25, 0.3) is 0 Å². The Morgan fingerprint density at radius 3 is 0.857 bits per heavy atom. The largest absolute Gasteiger partial charge is 0.336 e. The van der Waals surface area contributed by atoms with Crippen molar-refractivity contribution in [3.05, 3.63) is 31.5 Å². The summed E-state index contributed by atoms with van der Waals surface area (Å²) in [6.07, 6.45) is 11.0. The van der Waals surface area contributed by atoms with E-state index in [0.717, 1.165) is 77.0 Å². The summed E-state index contributed by atoms with van der Waals surface area (Å²) in [6.45, 7) is 27.3. The third-order valence-electron chi connectivity index (χ3n) is 12.2. The Balaban J connectivity index is 2.00. The zero-order valence-electron chi connectivity index (χ0n) is 29.3. The fourth-order valence-electron chi connectivity index (χ4n) is 10.6. The van der Waals surface area contributed by atoms with Crippen LogP contribution in [0.5, 0.6) is 0 Å². The fraction of sp³-hybridized carbons (Fsp3) is 0.917. The van der Waals surface area contributed by atoms with Crippen LogP contribution in [-0.2, 0) is 0 Å². The lowest BCUT2D eigenvalue weighted by molar-refractivity contribution is 0.0315. The molecule has 42 heavy (non-hydrogen) atoms. The van der Waals surface area contributed by atoms with Crippen molar-refractivity contribution in [3.8, 4) is 0 Å². The second kappa shape index (κ2) is 10.8. The molecule has 0 radical (unpaired) electrons. The van der Waals surface area contributed by atoms with Gasteiger partial charge in [-0.2, -0.15) is 0 Å². The van der Waals surface area contributed by atoms with Gasteiger partial charge in [0.2, 0.25) is 0 Å². The van der Waals surface area contributed by atoms with Gasteiger partial charge in [-0.1, -0.05) is 102 Å². The van der Waals surface area contributed by atoms with E-state index < -0.39 is 0 Å². The van der Waals surface area contributed by atoms with Crippen molar-refractivity contribution in [2.24, 2.45) is 32.5 Å². The maximum atomic E-state index is 14.7. The van der Waals surface area contributed by atoms with Crippen molar-refractivity contribution in [3.63, 3.8) is 0 Å². The summed E-state index contributed by atoms with van der Waals surface area (Å²) < 4.78 is 4.73. The summed E-state index contributed by atoms with van der Waals surface area (Å²) in [5.41, 5.74) is -0.932. The Labute approximate surface area is 255 Å². The molecule has 3 saturated carbocycles. The zero-order chi connectivity index (χ0) is 31.7. The van der Waals surface area contributed by atoms with E-state index in [-0.39, 0.29) is 67.7 Å². The lowest BCUT2D eigenvalue weighted by Gasteiger charge is -2.49. The van der Waals surface area contributed by atoms with Crippen LogP contribution in [0.15, 0.2) is 14.4 Å². The number of hydrogen-bond acceptors (Lipinski definition) is 3. The molecular formula is C36H63N3O3. The molecule has 6 atom stereocenters. The second-order valence-electron chi connectivity index (χ2n) is 18.7. The van der Waals surface area contributed by atoms with Gasteiger partial charge in [-0.05, 0) is 90.3 Å². The third-order valence-corrected chi connectivity index (χ3v) is 12.2. The van der Waals surface area contributed by atoms with Gasteiger partial charge < -0.3 is 0 Å². The van der Waals surface area contributed by atoms with E-state index in [1.165, 1.54) is 0 Å². The first-order chi connectivity index (χ1) is 19.1. The van der Waals surface area contributed by atoms with Gasteiger partial charge in [0.05, 0.1) is 0 Å². The summed E-state index contributed by atoms with van der Waals surface area (Å²) in [6, 6.07) is -0.625. The van der Waals surface area contributed by atoms with E-state index in [1.54, 1.807) is 13.7 Å². The van der Waals surface area contributed by atoms with Crippen molar-refractivity contribution in [2.45, 2.75) is 178 Å². The molecule has 0 amide bonds. The van der Waals surface area contributed by atoms with Crippen LogP contribution in [0.1, 0.15) is 178 Å². The Hall–Kier alpha value is -1.59. The van der Waals surface area contributed by atoms with Crippen LogP contribution < -0.4 is 17.1 Å². The number of rotatable bonds is 6. The predicted molar refractivity (Wildman–Crippen MR) is 174 cm³/mol. The van der Waals surface area contributed by atoms with E-state index in [9.17, 15) is 14.4 Å². The topological polar surface area (TPSA) is 66.0 Å².